The van der Waals surface area contributed by atoms with Crippen LogP contribution in [0.4, 0.5) is 0 Å². The third kappa shape index (κ3) is 4.98. The van der Waals surface area contributed by atoms with Crippen molar-refractivity contribution in [2.45, 2.75) is 76.9 Å². The summed E-state index contributed by atoms with van der Waals surface area (Å²) < 4.78 is 5.79. The molecule has 1 aliphatic carbocycles. The molecule has 1 aromatic heterocycles. The highest BCUT2D eigenvalue weighted by molar-refractivity contribution is 5.08. The molecule has 0 spiro atoms. The number of ether oxygens (including phenoxy) is 1. The Morgan fingerprint density at radius 1 is 1.09 bits per heavy atom. The molecule has 0 amide bonds. The minimum Gasteiger partial charge on any atom is -0.377 e. The van der Waals surface area contributed by atoms with Crippen LogP contribution in [0.3, 0.4) is 0 Å². The van der Waals surface area contributed by atoms with Crippen molar-refractivity contribution in [2.75, 3.05) is 19.7 Å². The van der Waals surface area contributed by atoms with Crippen LogP contribution in [-0.4, -0.2) is 40.7 Å². The van der Waals surface area contributed by atoms with E-state index in [1.54, 1.807) is 0 Å². The third-order valence-corrected chi connectivity index (χ3v) is 5.13. The maximum Gasteiger partial charge on any atom is 0.131 e. The first-order valence-corrected chi connectivity index (χ1v) is 9.50. The summed E-state index contributed by atoms with van der Waals surface area (Å²) >= 11 is 0. The molecule has 4 heteroatoms. The van der Waals surface area contributed by atoms with E-state index >= 15 is 0 Å². The summed E-state index contributed by atoms with van der Waals surface area (Å²) in [6, 6.07) is 0. The van der Waals surface area contributed by atoms with Gasteiger partial charge in [0.15, 0.2) is 0 Å². The first-order valence-electron chi connectivity index (χ1n) is 9.50. The van der Waals surface area contributed by atoms with Crippen LogP contribution in [0.25, 0.3) is 0 Å². The number of nitrogens with zero attached hydrogens (tertiary/aromatic N) is 3. The van der Waals surface area contributed by atoms with E-state index in [9.17, 15) is 0 Å². The van der Waals surface area contributed by atoms with Gasteiger partial charge in [-0.3, -0.25) is 4.90 Å². The molecule has 1 aliphatic heterocycles. The van der Waals surface area contributed by atoms with Crippen molar-refractivity contribution in [1.82, 2.24) is 14.9 Å². The molecule has 0 N–H and O–H groups in total. The molecule has 2 aliphatic rings. The van der Waals surface area contributed by atoms with Gasteiger partial charge in [0, 0.05) is 43.6 Å². The van der Waals surface area contributed by atoms with Crippen molar-refractivity contribution < 1.29 is 4.74 Å². The summed E-state index contributed by atoms with van der Waals surface area (Å²) in [4.78, 5) is 11.9. The van der Waals surface area contributed by atoms with E-state index in [1.165, 1.54) is 56.9 Å². The lowest BCUT2D eigenvalue weighted by atomic mass is 9.89. The molecule has 0 aromatic carbocycles. The second-order valence-corrected chi connectivity index (χ2v) is 7.15. The molecule has 0 radical (unpaired) electrons. The zero-order chi connectivity index (χ0) is 15.9. The minimum absolute atomic E-state index is 0.420. The van der Waals surface area contributed by atoms with E-state index in [0.717, 1.165) is 32.1 Å². The van der Waals surface area contributed by atoms with Crippen LogP contribution >= 0.6 is 0 Å². The Morgan fingerprint density at radius 2 is 1.87 bits per heavy atom. The van der Waals surface area contributed by atoms with E-state index in [1.807, 2.05) is 0 Å². The van der Waals surface area contributed by atoms with Gasteiger partial charge < -0.3 is 4.74 Å². The van der Waals surface area contributed by atoms with Crippen LogP contribution in [0, 0.1) is 0 Å². The Labute approximate surface area is 140 Å². The predicted molar refractivity (Wildman–Crippen MR) is 92.4 cm³/mol. The van der Waals surface area contributed by atoms with Crippen molar-refractivity contribution in [3.8, 4) is 0 Å². The van der Waals surface area contributed by atoms with Gasteiger partial charge in [-0.25, -0.2) is 9.97 Å². The number of hydrogen-bond acceptors (Lipinski definition) is 4. The number of rotatable bonds is 7. The van der Waals surface area contributed by atoms with Crippen molar-refractivity contribution in [1.29, 1.82) is 0 Å². The highest BCUT2D eigenvalue weighted by Gasteiger charge is 2.20. The summed E-state index contributed by atoms with van der Waals surface area (Å²) in [6.45, 7) is 6.27. The van der Waals surface area contributed by atoms with Crippen LogP contribution in [-0.2, 0) is 11.3 Å². The van der Waals surface area contributed by atoms with Gasteiger partial charge in [-0.15, -0.1) is 0 Å². The molecule has 2 fully saturated rings. The second-order valence-electron chi connectivity index (χ2n) is 7.15. The van der Waals surface area contributed by atoms with Crippen LogP contribution < -0.4 is 0 Å². The molecule has 1 saturated carbocycles. The smallest absolute Gasteiger partial charge is 0.131 e. The van der Waals surface area contributed by atoms with Crippen molar-refractivity contribution in [3.63, 3.8) is 0 Å². The first-order chi connectivity index (χ1) is 11.3. The van der Waals surface area contributed by atoms with Gasteiger partial charge in [0.1, 0.15) is 5.82 Å². The summed E-state index contributed by atoms with van der Waals surface area (Å²) in [5, 5.41) is 0. The monoisotopic (exact) mass is 317 g/mol. The van der Waals surface area contributed by atoms with E-state index < -0.39 is 0 Å². The van der Waals surface area contributed by atoms with Crippen molar-refractivity contribution in [3.05, 3.63) is 23.8 Å². The lowest BCUT2D eigenvalue weighted by molar-refractivity contribution is 0.0705. The fraction of sp³-hybridized carbons (Fsp3) is 0.789. The van der Waals surface area contributed by atoms with Crippen molar-refractivity contribution in [2.24, 2.45) is 0 Å². The normalized spacial score (nSPS) is 22.8. The largest absolute Gasteiger partial charge is 0.377 e. The Morgan fingerprint density at radius 3 is 2.52 bits per heavy atom. The van der Waals surface area contributed by atoms with Gasteiger partial charge in [-0.05, 0) is 38.6 Å². The summed E-state index contributed by atoms with van der Waals surface area (Å²) in [7, 11) is 0. The molecule has 128 valence electrons. The van der Waals surface area contributed by atoms with Gasteiger partial charge >= 0.3 is 0 Å². The molecule has 3 rings (SSSR count). The van der Waals surface area contributed by atoms with Crippen LogP contribution in [0.5, 0.6) is 0 Å². The molecule has 0 unspecified atom stereocenters. The Hall–Kier alpha value is -1.00. The molecule has 1 saturated heterocycles. The molecular weight excluding hydrogens is 286 g/mol. The molecule has 4 nitrogen and oxygen atoms in total. The zero-order valence-electron chi connectivity index (χ0n) is 14.5. The lowest BCUT2D eigenvalue weighted by Crippen LogP contribution is -2.32. The minimum atomic E-state index is 0.420. The third-order valence-electron chi connectivity index (χ3n) is 5.13. The standard InChI is InChI=1S/C19H31N3O/c1-2-10-22(15-18-9-6-11-23-18)14-16-12-20-19(21-13-16)17-7-4-3-5-8-17/h12-13,17-18H,2-11,14-15H2,1H3/t18-/m1/s1. The van der Waals surface area contributed by atoms with E-state index in [2.05, 4.69) is 34.2 Å². The second kappa shape index (κ2) is 8.74. The Kier molecular flexibility index (Phi) is 6.40. The van der Waals surface area contributed by atoms with Gasteiger partial charge in [0.05, 0.1) is 6.10 Å². The predicted octanol–water partition coefficient (Wildman–Crippen LogP) is 3.92. The molecular formula is C19H31N3O. The van der Waals surface area contributed by atoms with Crippen molar-refractivity contribution >= 4 is 0 Å². The Balaban J connectivity index is 1.56. The lowest BCUT2D eigenvalue weighted by Gasteiger charge is -2.25. The molecule has 0 bridgehead atoms. The maximum absolute atomic E-state index is 5.79. The van der Waals surface area contributed by atoms with Crippen LogP contribution in [0.1, 0.15) is 75.6 Å². The fourth-order valence-electron chi connectivity index (χ4n) is 3.90. The number of aromatic nitrogens is 2. The summed E-state index contributed by atoms with van der Waals surface area (Å²) in [5.41, 5.74) is 1.23. The maximum atomic E-state index is 5.79. The fourth-order valence-corrected chi connectivity index (χ4v) is 3.90. The SMILES string of the molecule is CCCN(Cc1cnc(C2CCCCC2)nc1)C[C@H]1CCCO1. The molecule has 23 heavy (non-hydrogen) atoms. The number of hydrogen-bond donors (Lipinski definition) is 0. The van der Waals surface area contributed by atoms with Gasteiger partial charge in [0.2, 0.25) is 0 Å². The van der Waals surface area contributed by atoms with Gasteiger partial charge in [0.25, 0.3) is 0 Å². The quantitative estimate of drug-likeness (QED) is 0.764. The van der Waals surface area contributed by atoms with Gasteiger partial charge in [-0.1, -0.05) is 26.2 Å². The molecule has 1 atom stereocenters. The summed E-state index contributed by atoms with van der Waals surface area (Å²) in [5.74, 6) is 1.66. The Bertz CT molecular complexity index is 450. The molecule has 1 aromatic rings. The van der Waals surface area contributed by atoms with E-state index in [-0.39, 0.29) is 0 Å². The molecule has 2 heterocycles. The highest BCUT2D eigenvalue weighted by Crippen LogP contribution is 2.30. The van der Waals surface area contributed by atoms with Crippen LogP contribution in [0.2, 0.25) is 0 Å². The topological polar surface area (TPSA) is 38.2 Å². The van der Waals surface area contributed by atoms with E-state index in [4.69, 9.17) is 4.74 Å². The average molecular weight is 317 g/mol. The van der Waals surface area contributed by atoms with Crippen LogP contribution in [0.15, 0.2) is 12.4 Å². The highest BCUT2D eigenvalue weighted by atomic mass is 16.5. The zero-order valence-corrected chi connectivity index (χ0v) is 14.5. The average Bonchev–Trinajstić information content (AvgIpc) is 3.10. The first kappa shape index (κ1) is 16.8. The van der Waals surface area contributed by atoms with Gasteiger partial charge in [-0.2, -0.15) is 0 Å². The summed E-state index contributed by atoms with van der Waals surface area (Å²) in [6.07, 6.45) is 14.7. The van der Waals surface area contributed by atoms with E-state index in [0.29, 0.717) is 12.0 Å².